The first-order valence-electron chi connectivity index (χ1n) is 6.34. The second-order valence-electron chi connectivity index (χ2n) is 4.38. The van der Waals surface area contributed by atoms with Crippen LogP contribution in [-0.4, -0.2) is 27.8 Å². The fourth-order valence-electron chi connectivity index (χ4n) is 2.00. The lowest BCUT2D eigenvalue weighted by molar-refractivity contribution is -0.125. The van der Waals surface area contributed by atoms with Crippen molar-refractivity contribution in [2.24, 2.45) is 0 Å². The van der Waals surface area contributed by atoms with E-state index in [9.17, 15) is 4.79 Å². The van der Waals surface area contributed by atoms with Crippen LogP contribution in [-0.2, 0) is 4.79 Å². The summed E-state index contributed by atoms with van der Waals surface area (Å²) < 4.78 is 0. The van der Waals surface area contributed by atoms with Gasteiger partial charge in [0, 0.05) is 24.5 Å². The molecule has 0 fully saturated rings. The fraction of sp³-hybridized carbons (Fsp3) is 0.188. The number of hydrogen-bond donors (Lipinski definition) is 0. The molecule has 21 heavy (non-hydrogen) atoms. The SMILES string of the molecule is CC#CC(=O)N(C)C(c1ccc(Cl)cc1)c1cnccn1. The molecule has 1 atom stereocenters. The van der Waals surface area contributed by atoms with E-state index in [4.69, 9.17) is 11.6 Å². The molecule has 0 saturated carbocycles. The van der Waals surface area contributed by atoms with Crippen molar-refractivity contribution in [1.29, 1.82) is 0 Å². The second-order valence-corrected chi connectivity index (χ2v) is 4.81. The number of rotatable bonds is 3. The van der Waals surface area contributed by atoms with Crippen molar-refractivity contribution in [2.45, 2.75) is 13.0 Å². The molecular weight excluding hydrogens is 286 g/mol. The van der Waals surface area contributed by atoms with Crippen LogP contribution in [0.5, 0.6) is 0 Å². The molecule has 1 aromatic heterocycles. The summed E-state index contributed by atoms with van der Waals surface area (Å²) in [5.74, 6) is 4.88. The normalized spacial score (nSPS) is 11.2. The fourth-order valence-corrected chi connectivity index (χ4v) is 2.13. The highest BCUT2D eigenvalue weighted by atomic mass is 35.5. The number of nitrogens with zero attached hydrogens (tertiary/aromatic N) is 3. The molecule has 0 N–H and O–H groups in total. The lowest BCUT2D eigenvalue weighted by atomic mass is 10.0. The van der Waals surface area contributed by atoms with Gasteiger partial charge in [0.05, 0.1) is 11.9 Å². The first-order chi connectivity index (χ1) is 10.1. The summed E-state index contributed by atoms with van der Waals surface area (Å²) in [7, 11) is 1.70. The molecule has 0 saturated heterocycles. The average Bonchev–Trinajstić information content (AvgIpc) is 2.50. The quantitative estimate of drug-likeness (QED) is 0.819. The summed E-state index contributed by atoms with van der Waals surface area (Å²) in [5.41, 5.74) is 1.57. The summed E-state index contributed by atoms with van der Waals surface area (Å²) in [6.45, 7) is 1.63. The molecule has 5 heteroatoms. The highest BCUT2D eigenvalue weighted by Crippen LogP contribution is 2.26. The molecule has 1 aromatic carbocycles. The van der Waals surface area contributed by atoms with Gasteiger partial charge < -0.3 is 4.90 Å². The van der Waals surface area contributed by atoms with Crippen molar-refractivity contribution in [3.8, 4) is 11.8 Å². The van der Waals surface area contributed by atoms with Crippen molar-refractivity contribution >= 4 is 17.5 Å². The maximum Gasteiger partial charge on any atom is 0.299 e. The van der Waals surface area contributed by atoms with Crippen LogP contribution in [0.4, 0.5) is 0 Å². The number of hydrogen-bond acceptors (Lipinski definition) is 3. The smallest absolute Gasteiger partial charge is 0.299 e. The topological polar surface area (TPSA) is 46.1 Å². The molecule has 1 unspecified atom stereocenters. The molecule has 0 spiro atoms. The van der Waals surface area contributed by atoms with E-state index in [-0.39, 0.29) is 11.9 Å². The van der Waals surface area contributed by atoms with Crippen LogP contribution in [0.15, 0.2) is 42.9 Å². The average molecular weight is 300 g/mol. The molecule has 0 radical (unpaired) electrons. The Balaban J connectivity index is 2.46. The Bertz CT molecular complexity index is 674. The molecule has 2 rings (SSSR count). The Morgan fingerprint density at radius 1 is 1.29 bits per heavy atom. The summed E-state index contributed by atoms with van der Waals surface area (Å²) >= 11 is 5.92. The summed E-state index contributed by atoms with van der Waals surface area (Å²) in [4.78, 5) is 22.0. The van der Waals surface area contributed by atoms with Gasteiger partial charge in [-0.3, -0.25) is 14.8 Å². The lowest BCUT2D eigenvalue weighted by Gasteiger charge is -2.26. The first kappa shape index (κ1) is 15.0. The van der Waals surface area contributed by atoms with Crippen molar-refractivity contribution in [3.63, 3.8) is 0 Å². The van der Waals surface area contributed by atoms with E-state index in [1.54, 1.807) is 49.6 Å². The number of carbonyl (C=O) groups is 1. The van der Waals surface area contributed by atoms with Crippen LogP contribution in [0.3, 0.4) is 0 Å². The van der Waals surface area contributed by atoms with Crippen LogP contribution in [0.25, 0.3) is 0 Å². The zero-order chi connectivity index (χ0) is 15.2. The standard InChI is InChI=1S/C16H14ClN3O/c1-3-4-15(21)20(2)16(14-11-18-9-10-19-14)12-5-7-13(17)8-6-12/h5-11,16H,1-2H3. The van der Waals surface area contributed by atoms with Gasteiger partial charge in [-0.05, 0) is 30.5 Å². The largest absolute Gasteiger partial charge is 0.322 e. The third-order valence-electron chi connectivity index (χ3n) is 2.99. The van der Waals surface area contributed by atoms with Crippen LogP contribution >= 0.6 is 11.6 Å². The molecule has 0 bridgehead atoms. The molecule has 2 aromatic rings. The van der Waals surface area contributed by atoms with Crippen LogP contribution in [0.2, 0.25) is 5.02 Å². The van der Waals surface area contributed by atoms with Gasteiger partial charge in [-0.15, -0.1) is 0 Å². The maximum atomic E-state index is 12.1. The minimum atomic E-state index is -0.357. The van der Waals surface area contributed by atoms with Gasteiger partial charge in [-0.1, -0.05) is 29.7 Å². The summed E-state index contributed by atoms with van der Waals surface area (Å²) in [5, 5.41) is 0.638. The maximum absolute atomic E-state index is 12.1. The number of carbonyl (C=O) groups excluding carboxylic acids is 1. The predicted octanol–water partition coefficient (Wildman–Crippen LogP) is 2.70. The van der Waals surface area contributed by atoms with Crippen LogP contribution < -0.4 is 0 Å². The van der Waals surface area contributed by atoms with Gasteiger partial charge in [0.1, 0.15) is 6.04 Å². The number of aromatic nitrogens is 2. The zero-order valence-corrected chi connectivity index (χ0v) is 12.5. The van der Waals surface area contributed by atoms with Crippen molar-refractivity contribution in [1.82, 2.24) is 14.9 Å². The van der Waals surface area contributed by atoms with Gasteiger partial charge in [0.15, 0.2) is 0 Å². The van der Waals surface area contributed by atoms with E-state index in [0.717, 1.165) is 5.56 Å². The Kier molecular flexibility index (Phi) is 4.91. The Labute approximate surface area is 128 Å². The van der Waals surface area contributed by atoms with Gasteiger partial charge in [-0.25, -0.2) is 0 Å². The Morgan fingerprint density at radius 3 is 2.57 bits per heavy atom. The first-order valence-corrected chi connectivity index (χ1v) is 6.72. The number of halogens is 1. The van der Waals surface area contributed by atoms with Crippen LogP contribution in [0.1, 0.15) is 24.2 Å². The Morgan fingerprint density at radius 2 is 2.00 bits per heavy atom. The summed E-state index contributed by atoms with van der Waals surface area (Å²) in [6, 6.07) is 6.94. The van der Waals surface area contributed by atoms with Crippen LogP contribution in [0, 0.1) is 11.8 Å². The second kappa shape index (κ2) is 6.87. The lowest BCUT2D eigenvalue weighted by Crippen LogP contribution is -2.31. The molecule has 0 aliphatic rings. The minimum absolute atomic E-state index is 0.275. The van der Waals surface area contributed by atoms with Crippen molar-refractivity contribution in [2.75, 3.05) is 7.05 Å². The van der Waals surface area contributed by atoms with Crippen molar-refractivity contribution in [3.05, 3.63) is 59.1 Å². The third-order valence-corrected chi connectivity index (χ3v) is 3.24. The molecule has 0 aliphatic heterocycles. The molecular formula is C16H14ClN3O. The predicted molar refractivity (Wildman–Crippen MR) is 81.5 cm³/mol. The number of benzene rings is 1. The number of amides is 1. The van der Waals surface area contributed by atoms with Gasteiger partial charge >= 0.3 is 0 Å². The highest BCUT2D eigenvalue weighted by molar-refractivity contribution is 6.30. The van der Waals surface area contributed by atoms with Gasteiger partial charge in [0.2, 0.25) is 0 Å². The molecule has 1 amide bonds. The van der Waals surface area contributed by atoms with Crippen molar-refractivity contribution < 1.29 is 4.79 Å². The highest BCUT2D eigenvalue weighted by Gasteiger charge is 2.24. The van der Waals surface area contributed by atoms with E-state index in [2.05, 4.69) is 21.8 Å². The van der Waals surface area contributed by atoms with Gasteiger partial charge in [0.25, 0.3) is 5.91 Å². The van der Waals surface area contributed by atoms with E-state index in [1.807, 2.05) is 12.1 Å². The molecule has 0 aliphatic carbocycles. The third kappa shape index (κ3) is 3.59. The molecule has 4 nitrogen and oxygen atoms in total. The molecule has 1 heterocycles. The van der Waals surface area contributed by atoms with Gasteiger partial charge in [-0.2, -0.15) is 0 Å². The minimum Gasteiger partial charge on any atom is -0.322 e. The van der Waals surface area contributed by atoms with E-state index >= 15 is 0 Å². The molecule has 106 valence electrons. The van der Waals surface area contributed by atoms with E-state index in [1.165, 1.54) is 0 Å². The Hall–Kier alpha value is -2.38. The summed E-state index contributed by atoms with van der Waals surface area (Å²) in [6.07, 6.45) is 4.83. The van der Waals surface area contributed by atoms with E-state index < -0.39 is 0 Å². The monoisotopic (exact) mass is 299 g/mol. The zero-order valence-electron chi connectivity index (χ0n) is 11.7. The van der Waals surface area contributed by atoms with E-state index in [0.29, 0.717) is 10.7 Å².